The molecule has 0 N–H and O–H groups in total. The number of benzene rings is 1. The number of hydrogen-bond donors (Lipinski definition) is 0. The Hall–Kier alpha value is -1.84. The second kappa shape index (κ2) is 6.35. The summed E-state index contributed by atoms with van der Waals surface area (Å²) in [6.07, 6.45) is 10.6. The molecule has 27 heavy (non-hydrogen) atoms. The molecule has 4 nitrogen and oxygen atoms in total. The Morgan fingerprint density at radius 3 is 2.67 bits per heavy atom. The summed E-state index contributed by atoms with van der Waals surface area (Å²) in [5, 5.41) is 0. The second-order valence-corrected chi connectivity index (χ2v) is 9.31. The number of hydrogen-bond acceptors (Lipinski definition) is 3. The largest absolute Gasteiger partial charge is 0.448 e. The molecule has 0 aromatic heterocycles. The van der Waals surface area contributed by atoms with Crippen LogP contribution >= 0.6 is 0 Å². The minimum atomic E-state index is -0.737. The lowest BCUT2D eigenvalue weighted by Gasteiger charge is -2.40. The van der Waals surface area contributed by atoms with Crippen LogP contribution in [0.25, 0.3) is 0 Å². The van der Waals surface area contributed by atoms with Gasteiger partial charge in [-0.1, -0.05) is 49.9 Å². The number of ether oxygens (including phenoxy) is 1. The molecule has 1 amide bonds. The van der Waals surface area contributed by atoms with E-state index in [-0.39, 0.29) is 5.91 Å². The van der Waals surface area contributed by atoms with Gasteiger partial charge in [-0.15, -0.1) is 0 Å². The van der Waals surface area contributed by atoms with Crippen LogP contribution in [0.4, 0.5) is 0 Å². The third kappa shape index (κ3) is 2.88. The lowest BCUT2D eigenvalue weighted by molar-refractivity contribution is -0.131. The molecule has 144 valence electrons. The van der Waals surface area contributed by atoms with E-state index in [9.17, 15) is 4.79 Å². The minimum absolute atomic E-state index is 0.0732. The number of carbonyl (C=O) groups excluding carboxylic acids is 1. The first kappa shape index (κ1) is 17.3. The quantitative estimate of drug-likeness (QED) is 0.787. The van der Waals surface area contributed by atoms with Crippen molar-refractivity contribution in [3.63, 3.8) is 0 Å². The first-order valence-corrected chi connectivity index (χ1v) is 10.7. The van der Waals surface area contributed by atoms with Crippen LogP contribution in [0.15, 0.2) is 29.3 Å². The van der Waals surface area contributed by atoms with E-state index in [1.807, 2.05) is 6.92 Å². The number of aliphatic imine (C=N–C) groups is 1. The molecule has 2 aliphatic heterocycles. The molecule has 2 heterocycles. The minimum Gasteiger partial charge on any atom is -0.448 e. The molecule has 0 radical (unpaired) electrons. The number of amidine groups is 1. The zero-order chi connectivity index (χ0) is 18.5. The van der Waals surface area contributed by atoms with E-state index in [0.717, 1.165) is 32.4 Å². The number of piperidine rings is 1. The van der Waals surface area contributed by atoms with E-state index in [1.165, 1.54) is 44.1 Å². The first-order chi connectivity index (χ1) is 13.1. The monoisotopic (exact) mass is 366 g/mol. The molecule has 0 bridgehead atoms. The van der Waals surface area contributed by atoms with Crippen LogP contribution in [0, 0.1) is 5.92 Å². The highest BCUT2D eigenvalue weighted by Crippen LogP contribution is 2.46. The van der Waals surface area contributed by atoms with Crippen molar-refractivity contribution in [2.75, 3.05) is 13.1 Å². The van der Waals surface area contributed by atoms with Gasteiger partial charge in [0.25, 0.3) is 11.9 Å². The van der Waals surface area contributed by atoms with Gasteiger partial charge >= 0.3 is 0 Å². The number of rotatable bonds is 2. The Balaban J connectivity index is 1.25. The van der Waals surface area contributed by atoms with Crippen LogP contribution in [0.1, 0.15) is 69.4 Å². The van der Waals surface area contributed by atoms with Crippen molar-refractivity contribution in [1.29, 1.82) is 0 Å². The zero-order valence-electron chi connectivity index (χ0n) is 16.4. The Morgan fingerprint density at radius 1 is 1.15 bits per heavy atom. The summed E-state index contributed by atoms with van der Waals surface area (Å²) in [4.78, 5) is 19.2. The fourth-order valence-electron chi connectivity index (χ4n) is 5.91. The van der Waals surface area contributed by atoms with Crippen LogP contribution < -0.4 is 0 Å². The lowest BCUT2D eigenvalue weighted by Crippen LogP contribution is -2.46. The third-order valence-corrected chi connectivity index (χ3v) is 7.57. The Kier molecular flexibility index (Phi) is 4.06. The molecule has 4 heteroatoms. The van der Waals surface area contributed by atoms with Crippen molar-refractivity contribution < 1.29 is 9.53 Å². The molecule has 1 unspecified atom stereocenters. The van der Waals surface area contributed by atoms with Gasteiger partial charge in [-0.25, -0.2) is 0 Å². The fraction of sp³-hybridized carbons (Fsp3) is 0.652. The molecule has 1 atom stereocenters. The molecule has 1 saturated carbocycles. The summed E-state index contributed by atoms with van der Waals surface area (Å²) in [6, 6.07) is 9.53. The topological polar surface area (TPSA) is 41.9 Å². The molecule has 4 aliphatic rings. The van der Waals surface area contributed by atoms with Gasteiger partial charge < -0.3 is 9.64 Å². The molecule has 1 aromatic rings. The number of nitrogens with zero attached hydrogens (tertiary/aromatic N) is 2. The van der Waals surface area contributed by atoms with Crippen molar-refractivity contribution >= 4 is 11.9 Å². The highest BCUT2D eigenvalue weighted by atomic mass is 16.5. The van der Waals surface area contributed by atoms with Gasteiger partial charge in [0.2, 0.25) is 0 Å². The highest BCUT2D eigenvalue weighted by molar-refractivity contribution is 6.01. The number of amides is 1. The lowest BCUT2D eigenvalue weighted by atomic mass is 9.74. The average molecular weight is 367 g/mol. The van der Waals surface area contributed by atoms with Gasteiger partial charge in [-0.05, 0) is 61.5 Å². The second-order valence-electron chi connectivity index (χ2n) is 9.31. The molecular formula is C23H30N2O2. The van der Waals surface area contributed by atoms with Crippen molar-refractivity contribution in [3.8, 4) is 0 Å². The van der Waals surface area contributed by atoms with Gasteiger partial charge in [0.1, 0.15) is 0 Å². The summed E-state index contributed by atoms with van der Waals surface area (Å²) in [5.41, 5.74) is 2.67. The van der Waals surface area contributed by atoms with E-state index in [2.05, 4.69) is 34.2 Å². The van der Waals surface area contributed by atoms with Crippen LogP contribution in [0.2, 0.25) is 0 Å². The van der Waals surface area contributed by atoms with Gasteiger partial charge in [-0.2, -0.15) is 4.99 Å². The third-order valence-electron chi connectivity index (χ3n) is 7.57. The molecule has 1 spiro atoms. The Labute approximate surface area is 162 Å². The SMILES string of the molecule is CC1(CC2CCCC2)OC(N2CCC3(CCc4ccccc43)CC2)=NC1=O. The molecule has 1 aromatic carbocycles. The van der Waals surface area contributed by atoms with Gasteiger partial charge in [0, 0.05) is 13.1 Å². The fourth-order valence-corrected chi connectivity index (χ4v) is 5.91. The molecular weight excluding hydrogens is 336 g/mol. The molecule has 5 rings (SSSR count). The van der Waals surface area contributed by atoms with E-state index in [0.29, 0.717) is 17.4 Å². The zero-order valence-corrected chi connectivity index (χ0v) is 16.4. The summed E-state index contributed by atoms with van der Waals surface area (Å²) in [7, 11) is 0. The summed E-state index contributed by atoms with van der Waals surface area (Å²) in [5.74, 6) is 0.545. The van der Waals surface area contributed by atoms with Gasteiger partial charge in [-0.3, -0.25) is 4.79 Å². The van der Waals surface area contributed by atoms with Gasteiger partial charge in [0.15, 0.2) is 5.60 Å². The van der Waals surface area contributed by atoms with Crippen molar-refractivity contribution in [3.05, 3.63) is 35.4 Å². The van der Waals surface area contributed by atoms with E-state index in [4.69, 9.17) is 4.74 Å². The first-order valence-electron chi connectivity index (χ1n) is 10.7. The van der Waals surface area contributed by atoms with E-state index >= 15 is 0 Å². The highest BCUT2D eigenvalue weighted by Gasteiger charge is 2.47. The maximum atomic E-state index is 12.6. The van der Waals surface area contributed by atoms with Crippen LogP contribution in [0.5, 0.6) is 0 Å². The Morgan fingerprint density at radius 2 is 1.89 bits per heavy atom. The summed E-state index contributed by atoms with van der Waals surface area (Å²) >= 11 is 0. The predicted octanol–water partition coefficient (Wildman–Crippen LogP) is 4.22. The smallest absolute Gasteiger partial charge is 0.296 e. The van der Waals surface area contributed by atoms with Crippen LogP contribution in [-0.4, -0.2) is 35.5 Å². The van der Waals surface area contributed by atoms with Crippen molar-refractivity contribution in [2.45, 2.75) is 75.7 Å². The summed E-state index contributed by atoms with van der Waals surface area (Å²) in [6.45, 7) is 3.81. The molecule has 2 aliphatic carbocycles. The summed E-state index contributed by atoms with van der Waals surface area (Å²) < 4.78 is 6.21. The number of aryl methyl sites for hydroxylation is 1. The molecule has 1 saturated heterocycles. The number of carbonyl (C=O) groups is 1. The predicted molar refractivity (Wildman–Crippen MR) is 106 cm³/mol. The van der Waals surface area contributed by atoms with Gasteiger partial charge in [0.05, 0.1) is 0 Å². The van der Waals surface area contributed by atoms with Crippen LogP contribution in [-0.2, 0) is 21.4 Å². The number of fused-ring (bicyclic) bond motifs is 2. The van der Waals surface area contributed by atoms with E-state index < -0.39 is 5.60 Å². The number of likely N-dealkylation sites (tertiary alicyclic amines) is 1. The maximum absolute atomic E-state index is 12.6. The van der Waals surface area contributed by atoms with Crippen LogP contribution in [0.3, 0.4) is 0 Å². The average Bonchev–Trinajstić information content (AvgIpc) is 3.37. The Bertz CT molecular complexity index is 772. The standard InChI is InChI=1S/C23H30N2O2/c1-22(16-17-6-2-3-7-17)20(26)24-21(27-22)25-14-12-23(13-15-25)11-10-18-8-4-5-9-19(18)23/h4-5,8-9,17H,2-3,6-7,10-16H2,1H3. The maximum Gasteiger partial charge on any atom is 0.296 e. The van der Waals surface area contributed by atoms with Crippen molar-refractivity contribution in [1.82, 2.24) is 4.90 Å². The normalized spacial score (nSPS) is 29.9. The van der Waals surface area contributed by atoms with E-state index in [1.54, 1.807) is 5.56 Å². The molecule has 2 fully saturated rings. The van der Waals surface area contributed by atoms with Crippen molar-refractivity contribution in [2.24, 2.45) is 10.9 Å².